The van der Waals surface area contributed by atoms with Crippen molar-refractivity contribution in [2.24, 2.45) is 0 Å². The molecule has 0 aromatic heterocycles. The van der Waals surface area contributed by atoms with Crippen molar-refractivity contribution in [3.8, 4) is 0 Å². The first-order valence-electron chi connectivity index (χ1n) is 8.98. The number of carbonyl (C=O) groups excluding carboxylic acids is 2. The molecule has 0 radical (unpaired) electrons. The number of carbonyl (C=O) groups is 2. The van der Waals surface area contributed by atoms with Crippen LogP contribution in [0.5, 0.6) is 0 Å². The van der Waals surface area contributed by atoms with Crippen LogP contribution in [0.15, 0.2) is 30.3 Å². The van der Waals surface area contributed by atoms with Gasteiger partial charge in [0.1, 0.15) is 12.2 Å². The Morgan fingerprint density at radius 1 is 0.963 bits per heavy atom. The lowest BCUT2D eigenvalue weighted by Gasteiger charge is -2.19. The Morgan fingerprint density at radius 2 is 1.59 bits per heavy atom. The molecule has 0 aliphatic carbocycles. The number of hydrogen-bond acceptors (Lipinski definition) is 5. The third-order valence-corrected chi connectivity index (χ3v) is 3.48. The summed E-state index contributed by atoms with van der Waals surface area (Å²) in [6, 6.07) is 9.41. The Balaban J connectivity index is 2.00. The number of alkyl carbamates (subject to hydrolysis) is 2. The van der Waals surface area contributed by atoms with E-state index in [2.05, 4.69) is 16.0 Å². The van der Waals surface area contributed by atoms with Crippen molar-refractivity contribution >= 4 is 29.5 Å². The van der Waals surface area contributed by atoms with Crippen molar-refractivity contribution in [3.05, 3.63) is 35.9 Å². The number of nitrogens with one attached hydrogen (secondary N) is 3. The van der Waals surface area contributed by atoms with Crippen LogP contribution in [-0.2, 0) is 16.1 Å². The number of unbranched alkanes of at least 4 members (excludes halogenated alkanes) is 2. The zero-order valence-corrected chi connectivity index (χ0v) is 17.0. The minimum absolute atomic E-state index is 0.194. The monoisotopic (exact) mass is 395 g/mol. The van der Waals surface area contributed by atoms with Gasteiger partial charge in [-0.2, -0.15) is 0 Å². The average molecular weight is 396 g/mol. The van der Waals surface area contributed by atoms with Gasteiger partial charge < -0.3 is 20.1 Å². The maximum atomic E-state index is 11.7. The number of benzene rings is 1. The number of thiocarbonyl (C=S) groups is 1. The first-order chi connectivity index (χ1) is 12.8. The molecule has 8 heteroatoms. The Labute approximate surface area is 166 Å². The lowest BCUT2D eigenvalue weighted by atomic mass is 10.2. The smallest absolute Gasteiger partial charge is 0.413 e. The molecule has 1 rings (SSSR count). The van der Waals surface area contributed by atoms with Gasteiger partial charge in [-0.3, -0.25) is 5.32 Å². The van der Waals surface area contributed by atoms with Gasteiger partial charge in [0.2, 0.25) is 0 Å². The van der Waals surface area contributed by atoms with E-state index in [1.807, 2.05) is 51.1 Å². The van der Waals surface area contributed by atoms with Crippen molar-refractivity contribution in [2.75, 3.05) is 13.1 Å². The molecule has 0 saturated heterocycles. The van der Waals surface area contributed by atoms with Crippen molar-refractivity contribution in [1.29, 1.82) is 0 Å². The summed E-state index contributed by atoms with van der Waals surface area (Å²) in [5.74, 6) is 0. The summed E-state index contributed by atoms with van der Waals surface area (Å²) < 4.78 is 10.2. The third-order valence-electron chi connectivity index (χ3n) is 3.24. The number of amides is 2. The van der Waals surface area contributed by atoms with E-state index in [1.165, 1.54) is 0 Å². The molecule has 0 heterocycles. The Kier molecular flexibility index (Phi) is 10.2. The molecule has 0 atom stereocenters. The molecular weight excluding hydrogens is 366 g/mol. The zero-order valence-electron chi connectivity index (χ0n) is 16.2. The van der Waals surface area contributed by atoms with Crippen molar-refractivity contribution in [1.82, 2.24) is 16.0 Å². The van der Waals surface area contributed by atoms with Gasteiger partial charge in [-0.1, -0.05) is 30.3 Å². The van der Waals surface area contributed by atoms with Crippen molar-refractivity contribution in [2.45, 2.75) is 52.2 Å². The first kappa shape index (κ1) is 22.7. The predicted octanol–water partition coefficient (Wildman–Crippen LogP) is 3.48. The van der Waals surface area contributed by atoms with Crippen LogP contribution in [0.4, 0.5) is 9.59 Å². The molecule has 0 fully saturated rings. The van der Waals surface area contributed by atoms with E-state index in [-0.39, 0.29) is 11.7 Å². The highest BCUT2D eigenvalue weighted by molar-refractivity contribution is 7.80. The molecule has 0 spiro atoms. The fourth-order valence-corrected chi connectivity index (χ4v) is 2.21. The number of hydrogen-bond donors (Lipinski definition) is 3. The Bertz CT molecular complexity index is 603. The second-order valence-corrected chi connectivity index (χ2v) is 7.34. The van der Waals surface area contributed by atoms with Crippen molar-refractivity contribution in [3.63, 3.8) is 0 Å². The van der Waals surface area contributed by atoms with E-state index in [9.17, 15) is 9.59 Å². The van der Waals surface area contributed by atoms with E-state index < -0.39 is 17.8 Å². The molecule has 0 aliphatic heterocycles. The second-order valence-electron chi connectivity index (χ2n) is 6.93. The molecule has 1 aromatic rings. The van der Waals surface area contributed by atoms with Crippen LogP contribution in [0.3, 0.4) is 0 Å². The summed E-state index contributed by atoms with van der Waals surface area (Å²) in [5.41, 5.74) is 0.422. The maximum absolute atomic E-state index is 11.7. The molecule has 3 N–H and O–H groups in total. The van der Waals surface area contributed by atoms with Crippen LogP contribution in [0.2, 0.25) is 0 Å². The van der Waals surface area contributed by atoms with Crippen LogP contribution in [0.1, 0.15) is 45.6 Å². The highest BCUT2D eigenvalue weighted by Crippen LogP contribution is 2.06. The standard InChI is InChI=1S/C19H29N3O4S/c1-19(2,3)26-17(23)21-13-9-5-8-12-20-16(27)22-18(24)25-14-15-10-6-4-7-11-15/h4,6-7,10-11H,5,8-9,12-14H2,1-3H3,(H,21,23)(H2,20,22,24,27). The first-order valence-corrected chi connectivity index (χ1v) is 9.39. The molecule has 7 nitrogen and oxygen atoms in total. The molecule has 0 bridgehead atoms. The van der Waals surface area contributed by atoms with E-state index in [1.54, 1.807) is 0 Å². The van der Waals surface area contributed by atoms with Gasteiger partial charge in [0, 0.05) is 13.1 Å². The highest BCUT2D eigenvalue weighted by atomic mass is 32.1. The van der Waals surface area contributed by atoms with Gasteiger partial charge in [-0.25, -0.2) is 9.59 Å². The number of rotatable bonds is 8. The summed E-state index contributed by atoms with van der Waals surface area (Å²) in [6.07, 6.45) is 1.61. The van der Waals surface area contributed by atoms with Crippen LogP contribution in [-0.4, -0.2) is 36.0 Å². The average Bonchev–Trinajstić information content (AvgIpc) is 2.58. The minimum Gasteiger partial charge on any atom is -0.444 e. The molecule has 2 amide bonds. The third kappa shape index (κ3) is 12.6. The van der Waals surface area contributed by atoms with Crippen LogP contribution in [0.25, 0.3) is 0 Å². The van der Waals surface area contributed by atoms with Crippen LogP contribution >= 0.6 is 12.2 Å². The molecule has 1 aromatic carbocycles. The topological polar surface area (TPSA) is 88.7 Å². The lowest BCUT2D eigenvalue weighted by Crippen LogP contribution is -2.39. The summed E-state index contributed by atoms with van der Waals surface area (Å²) in [5, 5.41) is 8.37. The summed E-state index contributed by atoms with van der Waals surface area (Å²) in [7, 11) is 0. The summed E-state index contributed by atoms with van der Waals surface area (Å²) >= 11 is 5.05. The Morgan fingerprint density at radius 3 is 2.22 bits per heavy atom. The van der Waals surface area contributed by atoms with Crippen LogP contribution in [0, 0.1) is 0 Å². The Hall–Kier alpha value is -2.35. The SMILES string of the molecule is CC(C)(C)OC(=O)NCCCCCNC(=S)NC(=O)OCc1ccccc1. The minimum atomic E-state index is -0.585. The van der Waals surface area contributed by atoms with Gasteiger partial charge in [0.15, 0.2) is 5.11 Å². The van der Waals surface area contributed by atoms with Gasteiger partial charge in [0.05, 0.1) is 0 Å². The molecule has 0 saturated carbocycles. The van der Waals surface area contributed by atoms with Crippen molar-refractivity contribution < 1.29 is 19.1 Å². The summed E-state index contributed by atoms with van der Waals surface area (Å²) in [6.45, 7) is 6.86. The fourth-order valence-electron chi connectivity index (χ4n) is 2.03. The van der Waals surface area contributed by atoms with Gasteiger partial charge >= 0.3 is 12.2 Å². The van der Waals surface area contributed by atoms with Gasteiger partial charge in [0.25, 0.3) is 0 Å². The summed E-state index contributed by atoms with van der Waals surface area (Å²) in [4.78, 5) is 23.1. The fraction of sp³-hybridized carbons (Fsp3) is 0.526. The number of ether oxygens (including phenoxy) is 2. The second kappa shape index (κ2) is 12.1. The molecule has 0 aliphatic rings. The largest absolute Gasteiger partial charge is 0.444 e. The molecule has 0 unspecified atom stereocenters. The van der Waals surface area contributed by atoms with Gasteiger partial charge in [-0.05, 0) is 57.8 Å². The lowest BCUT2D eigenvalue weighted by molar-refractivity contribution is 0.0527. The molecule has 150 valence electrons. The van der Waals surface area contributed by atoms with E-state index in [4.69, 9.17) is 21.7 Å². The zero-order chi connectivity index (χ0) is 20.1. The van der Waals surface area contributed by atoms with Gasteiger partial charge in [-0.15, -0.1) is 0 Å². The predicted molar refractivity (Wildman–Crippen MR) is 108 cm³/mol. The molecular formula is C19H29N3O4S. The van der Waals surface area contributed by atoms with E-state index in [0.717, 1.165) is 24.8 Å². The van der Waals surface area contributed by atoms with Crippen LogP contribution < -0.4 is 16.0 Å². The highest BCUT2D eigenvalue weighted by Gasteiger charge is 2.15. The normalized spacial score (nSPS) is 10.6. The maximum Gasteiger partial charge on any atom is 0.413 e. The van der Waals surface area contributed by atoms with E-state index >= 15 is 0 Å². The van der Waals surface area contributed by atoms with E-state index in [0.29, 0.717) is 13.1 Å². The molecule has 27 heavy (non-hydrogen) atoms. The quantitative estimate of drug-likeness (QED) is 0.461.